The summed E-state index contributed by atoms with van der Waals surface area (Å²) < 4.78 is 18.4. The summed E-state index contributed by atoms with van der Waals surface area (Å²) in [6.45, 7) is 2.10. The Labute approximate surface area is 230 Å². The van der Waals surface area contributed by atoms with E-state index in [4.69, 9.17) is 27.8 Å². The Kier molecular flexibility index (Phi) is 11.6. The van der Waals surface area contributed by atoms with Gasteiger partial charge in [0.05, 0.1) is 16.9 Å². The van der Waals surface area contributed by atoms with Crippen LogP contribution in [0.15, 0.2) is 36.7 Å². The number of H-pyrrole nitrogens is 1. The molecule has 0 bridgehead atoms. The molecule has 1 amide bonds. The van der Waals surface area contributed by atoms with Crippen molar-refractivity contribution >= 4 is 23.5 Å². The molecule has 1 saturated heterocycles. The summed E-state index contributed by atoms with van der Waals surface area (Å²) in [6, 6.07) is 7.76. The zero-order chi connectivity index (χ0) is 22.9. The van der Waals surface area contributed by atoms with Gasteiger partial charge in [0, 0.05) is 84.7 Å². The van der Waals surface area contributed by atoms with Crippen molar-refractivity contribution in [3.63, 3.8) is 0 Å². The van der Waals surface area contributed by atoms with Crippen molar-refractivity contribution in [2.75, 3.05) is 25.5 Å². The van der Waals surface area contributed by atoms with Crippen LogP contribution in [0, 0.1) is 53.2 Å². The molecule has 6 N–H and O–H groups in total. The fourth-order valence-electron chi connectivity index (χ4n) is 3.11. The largest absolute Gasteiger partial charge is 0.381 e. The van der Waals surface area contributed by atoms with Crippen LogP contribution >= 0.6 is 11.6 Å². The molecule has 1 fully saturated rings. The number of nitrogen functional groups attached to an aromatic ring is 1. The molecule has 0 spiro atoms. The summed E-state index contributed by atoms with van der Waals surface area (Å²) in [5.74, 6) is -0.787. The predicted octanol–water partition coefficient (Wildman–Crippen LogP) is 3.26. The van der Waals surface area contributed by atoms with E-state index < -0.39 is 17.8 Å². The van der Waals surface area contributed by atoms with E-state index in [0.717, 1.165) is 13.2 Å². The third kappa shape index (κ3) is 8.26. The number of anilines is 1. The van der Waals surface area contributed by atoms with Gasteiger partial charge in [0.15, 0.2) is 0 Å². The number of nitrogens with two attached hydrogens (primary N) is 2. The van der Waals surface area contributed by atoms with Crippen LogP contribution in [-0.4, -0.2) is 40.6 Å². The van der Waals surface area contributed by atoms with Gasteiger partial charge in [-0.15, -0.1) is 17.7 Å². The van der Waals surface area contributed by atoms with Gasteiger partial charge in [-0.2, -0.15) is 12.1 Å². The number of nitrogens with one attached hydrogen (secondary N) is 2. The van der Waals surface area contributed by atoms with Gasteiger partial charge in [-0.1, -0.05) is 11.6 Å². The smallest absolute Gasteiger partial charge is 0.267 e. The van der Waals surface area contributed by atoms with E-state index in [0.29, 0.717) is 21.8 Å². The van der Waals surface area contributed by atoms with Crippen molar-refractivity contribution in [3.05, 3.63) is 64.8 Å². The number of halogens is 2. The number of aromatic nitrogens is 3. The molecular weight excluding hydrogens is 576 g/mol. The quantitative estimate of drug-likeness (QED) is 0.333. The molecule has 8 nitrogen and oxygen atoms in total. The first-order valence-corrected chi connectivity index (χ1v) is 10.6. The van der Waals surface area contributed by atoms with Gasteiger partial charge in [0.1, 0.15) is 5.69 Å². The Morgan fingerprint density at radius 2 is 2.06 bits per heavy atom. The first-order valence-electron chi connectivity index (χ1n) is 10.2. The van der Waals surface area contributed by atoms with E-state index >= 15 is 0 Å². The number of aromatic amines is 1. The molecular formula is C22H25ClFN6O2Pr-. The van der Waals surface area contributed by atoms with E-state index in [1.165, 1.54) is 37.6 Å². The second-order valence-electron chi connectivity index (χ2n) is 7.15. The van der Waals surface area contributed by atoms with E-state index in [9.17, 15) is 9.18 Å². The van der Waals surface area contributed by atoms with Crippen molar-refractivity contribution in [1.82, 2.24) is 20.3 Å². The van der Waals surface area contributed by atoms with Crippen LogP contribution in [0.1, 0.15) is 41.4 Å². The summed E-state index contributed by atoms with van der Waals surface area (Å²) in [5.41, 5.74) is 13.1. The van der Waals surface area contributed by atoms with Gasteiger partial charge in [-0.05, 0) is 25.3 Å². The number of hydrogen-bond donors (Lipinski definition) is 4. The van der Waals surface area contributed by atoms with Crippen molar-refractivity contribution in [1.29, 1.82) is 0 Å². The molecule has 173 valence electrons. The van der Waals surface area contributed by atoms with Crippen LogP contribution in [0.3, 0.4) is 0 Å². The molecule has 0 saturated carbocycles. The number of amides is 1. The Morgan fingerprint density at radius 3 is 2.67 bits per heavy atom. The van der Waals surface area contributed by atoms with Gasteiger partial charge >= 0.3 is 0 Å². The van der Waals surface area contributed by atoms with Crippen molar-refractivity contribution < 1.29 is 55.2 Å². The SMILES string of the molecule is C1CCOCC1.NCC(NC(=O)c1cc(-c2nc(N)ncc2Cl)c[nH]1)c1c[c-]cc(F)c1.[Pr]. The van der Waals surface area contributed by atoms with Crippen LogP contribution in [-0.2, 0) is 4.74 Å². The Hall–Kier alpha value is -1.65. The molecule has 4 rings (SSSR count). The molecule has 1 aliphatic rings. The number of nitrogens with zero attached hydrogens (tertiary/aromatic N) is 2. The fraction of sp³-hybridized carbons (Fsp3) is 0.318. The summed E-state index contributed by atoms with van der Waals surface area (Å²) >= 11 is 6.07. The predicted molar refractivity (Wildman–Crippen MR) is 120 cm³/mol. The van der Waals surface area contributed by atoms with Gasteiger partial charge in [0.2, 0.25) is 5.95 Å². The molecule has 3 aromatic rings. The zero-order valence-corrected chi connectivity index (χ0v) is 22.4. The number of ether oxygens (including phenoxy) is 1. The number of carbonyl (C=O) groups excluding carboxylic acids is 1. The average Bonchev–Trinajstić information content (AvgIpc) is 3.31. The topological polar surface area (TPSA) is 132 Å². The molecule has 11 heteroatoms. The second-order valence-corrected chi connectivity index (χ2v) is 7.55. The minimum absolute atomic E-state index is 0. The van der Waals surface area contributed by atoms with Gasteiger partial charge < -0.3 is 26.5 Å². The number of rotatable bonds is 5. The third-order valence-electron chi connectivity index (χ3n) is 4.76. The minimum Gasteiger partial charge on any atom is -0.381 e. The van der Waals surface area contributed by atoms with Crippen LogP contribution in [0.2, 0.25) is 5.02 Å². The molecule has 1 atom stereocenters. The molecule has 0 aliphatic carbocycles. The van der Waals surface area contributed by atoms with Gasteiger partial charge in [-0.3, -0.25) is 9.18 Å². The molecule has 33 heavy (non-hydrogen) atoms. The molecule has 1 unspecified atom stereocenters. The normalized spacial score (nSPS) is 13.8. The minimum atomic E-state index is -0.556. The monoisotopic (exact) mass is 600 g/mol. The van der Waals surface area contributed by atoms with E-state index in [1.807, 2.05) is 0 Å². The Bertz CT molecular complexity index is 1040. The van der Waals surface area contributed by atoms with Crippen molar-refractivity contribution in [2.45, 2.75) is 25.3 Å². The van der Waals surface area contributed by atoms with Crippen LogP contribution < -0.4 is 16.8 Å². The zero-order valence-electron chi connectivity index (χ0n) is 18.0. The maximum atomic E-state index is 13.4. The van der Waals surface area contributed by atoms with E-state index in [2.05, 4.69) is 26.3 Å². The molecule has 3 heterocycles. The van der Waals surface area contributed by atoms with Gasteiger partial charge in [0.25, 0.3) is 5.91 Å². The molecule has 1 radical (unpaired) electrons. The van der Waals surface area contributed by atoms with Crippen molar-refractivity contribution in [3.8, 4) is 11.3 Å². The summed E-state index contributed by atoms with van der Waals surface area (Å²) in [4.78, 5) is 23.2. The number of hydrogen-bond acceptors (Lipinski definition) is 6. The first-order chi connectivity index (χ1) is 15.5. The molecule has 1 aromatic carbocycles. The van der Waals surface area contributed by atoms with Crippen LogP contribution in [0.5, 0.6) is 0 Å². The average molecular weight is 601 g/mol. The molecule has 2 aromatic heterocycles. The molecule has 1 aliphatic heterocycles. The van der Waals surface area contributed by atoms with Crippen LogP contribution in [0.25, 0.3) is 11.3 Å². The summed E-state index contributed by atoms with van der Waals surface area (Å²) in [5, 5.41) is 3.05. The van der Waals surface area contributed by atoms with E-state index in [1.54, 1.807) is 18.3 Å². The third-order valence-corrected chi connectivity index (χ3v) is 5.04. The van der Waals surface area contributed by atoms with Crippen LogP contribution in [0.4, 0.5) is 10.3 Å². The number of carbonyl (C=O) groups is 1. The van der Waals surface area contributed by atoms with E-state index in [-0.39, 0.29) is 59.5 Å². The second kappa shape index (κ2) is 13.9. The maximum absolute atomic E-state index is 13.4. The maximum Gasteiger partial charge on any atom is 0.267 e. The Balaban J connectivity index is 0.000000479. The summed E-state index contributed by atoms with van der Waals surface area (Å²) in [6.07, 6.45) is 6.90. The fourth-order valence-corrected chi connectivity index (χ4v) is 3.31. The number of benzene rings is 1. The standard InChI is InChI=1S/C17H15ClFN6O.C5H10O.Pr/c18-12-8-23-17(21)25-15(12)10-5-13(22-7-10)16(26)24-14(6-20)9-2-1-3-11(19)4-9;1-2-4-6-5-3-1;/h2-5,7-8,14,22H,6,20H2,(H,24,26)(H2,21,23,25);1-5H2;/q-1;;. The van der Waals surface area contributed by atoms with Crippen molar-refractivity contribution in [2.24, 2.45) is 5.73 Å². The summed E-state index contributed by atoms with van der Waals surface area (Å²) in [7, 11) is 0. The van der Waals surface area contributed by atoms with Gasteiger partial charge in [-0.25, -0.2) is 9.97 Å². The Morgan fingerprint density at radius 1 is 1.30 bits per heavy atom. The first kappa shape index (κ1) is 27.6.